The molecule has 342 valence electrons. The highest BCUT2D eigenvalue weighted by Gasteiger charge is 2.64. The molecule has 1 unspecified atom stereocenters. The SMILES string of the molecule is CC1(C)C(NC(=O)c2ccc(N3CCC(CC4CCCCN(c5ccc(C(=O)N[C@H]6CCC(=O)NC6=O)c(F)c5)CCC4)CC3)cc2)C(C)(C)C1Oc1ccc(C#N)c2[nH]c(=O)ccc12. The molecule has 3 aliphatic heterocycles. The van der Waals surface area contributed by atoms with E-state index in [2.05, 4.69) is 76.6 Å². The van der Waals surface area contributed by atoms with Crippen LogP contribution < -0.4 is 36.0 Å². The van der Waals surface area contributed by atoms with Crippen LogP contribution in [0.4, 0.5) is 15.8 Å². The van der Waals surface area contributed by atoms with Gasteiger partial charge in [-0.05, 0) is 117 Å². The lowest BCUT2D eigenvalue weighted by atomic mass is 9.49. The summed E-state index contributed by atoms with van der Waals surface area (Å²) in [5, 5.41) is 18.3. The minimum Gasteiger partial charge on any atom is -0.488 e. The number of hydrogen-bond donors (Lipinski definition) is 4. The number of hydrogen-bond acceptors (Lipinski definition) is 9. The number of H-pyrrole nitrogens is 1. The Hall–Kier alpha value is -6.23. The van der Waals surface area contributed by atoms with Crippen LogP contribution in [0.25, 0.3) is 10.9 Å². The summed E-state index contributed by atoms with van der Waals surface area (Å²) < 4.78 is 21.9. The number of carbonyl (C=O) groups is 4. The molecule has 0 bridgehead atoms. The topological polar surface area (TPSA) is 177 Å². The summed E-state index contributed by atoms with van der Waals surface area (Å²) in [5.41, 5.74) is 2.06. The highest BCUT2D eigenvalue weighted by atomic mass is 19.1. The fourth-order valence-electron chi connectivity index (χ4n) is 11.3. The van der Waals surface area contributed by atoms with Crippen molar-refractivity contribution >= 4 is 45.9 Å². The van der Waals surface area contributed by atoms with Crippen LogP contribution in [0.3, 0.4) is 0 Å². The Balaban J connectivity index is 0.791. The third-order valence-electron chi connectivity index (χ3n) is 14.5. The van der Waals surface area contributed by atoms with Gasteiger partial charge in [0.2, 0.25) is 17.4 Å². The molecule has 4 fully saturated rings. The Morgan fingerprint density at radius 2 is 1.46 bits per heavy atom. The van der Waals surface area contributed by atoms with Crippen LogP contribution >= 0.6 is 0 Å². The molecule has 65 heavy (non-hydrogen) atoms. The summed E-state index contributed by atoms with van der Waals surface area (Å²) in [4.78, 5) is 69.5. The number of nitrogens with zero attached hydrogens (tertiary/aromatic N) is 3. The number of ether oxygens (including phenoxy) is 1. The first kappa shape index (κ1) is 45.3. The highest BCUT2D eigenvalue weighted by molar-refractivity contribution is 6.04. The second-order valence-electron chi connectivity index (χ2n) is 19.7. The Kier molecular flexibility index (Phi) is 13.0. The van der Waals surface area contributed by atoms with Crippen molar-refractivity contribution in [2.24, 2.45) is 22.7 Å². The van der Waals surface area contributed by atoms with E-state index in [4.69, 9.17) is 4.74 Å². The monoisotopic (exact) mass is 885 g/mol. The lowest BCUT2D eigenvalue weighted by Crippen LogP contribution is -2.74. The van der Waals surface area contributed by atoms with E-state index in [1.54, 1.807) is 24.3 Å². The Labute approximate surface area is 379 Å². The Morgan fingerprint density at radius 3 is 2.17 bits per heavy atom. The van der Waals surface area contributed by atoms with Crippen molar-refractivity contribution in [1.82, 2.24) is 20.9 Å². The quantitative estimate of drug-likeness (QED) is 0.118. The van der Waals surface area contributed by atoms with Gasteiger partial charge in [-0.25, -0.2) is 4.39 Å². The van der Waals surface area contributed by atoms with E-state index in [0.717, 1.165) is 76.1 Å². The van der Waals surface area contributed by atoms with Crippen LogP contribution in [0, 0.1) is 39.8 Å². The summed E-state index contributed by atoms with van der Waals surface area (Å²) in [6.45, 7) is 11.9. The highest BCUT2D eigenvalue weighted by Crippen LogP contribution is 2.56. The van der Waals surface area contributed by atoms with Gasteiger partial charge in [-0.15, -0.1) is 0 Å². The molecule has 3 aromatic carbocycles. The van der Waals surface area contributed by atoms with E-state index >= 15 is 4.39 Å². The molecule has 0 spiro atoms. The predicted octanol–water partition coefficient (Wildman–Crippen LogP) is 7.38. The summed E-state index contributed by atoms with van der Waals surface area (Å²) >= 11 is 0. The largest absolute Gasteiger partial charge is 0.488 e. The number of carbonyl (C=O) groups excluding carboxylic acids is 4. The van der Waals surface area contributed by atoms with Gasteiger partial charge in [-0.2, -0.15) is 5.26 Å². The third kappa shape index (κ3) is 9.61. The number of amides is 4. The summed E-state index contributed by atoms with van der Waals surface area (Å²) in [6, 6.07) is 20.3. The number of nitriles is 1. The van der Waals surface area contributed by atoms with Crippen LogP contribution in [0.1, 0.15) is 118 Å². The minimum atomic E-state index is -0.863. The molecule has 2 atom stereocenters. The third-order valence-corrected chi connectivity index (χ3v) is 14.5. The molecule has 1 saturated carbocycles. The van der Waals surface area contributed by atoms with Gasteiger partial charge < -0.3 is 30.2 Å². The van der Waals surface area contributed by atoms with Crippen molar-refractivity contribution in [3.63, 3.8) is 0 Å². The van der Waals surface area contributed by atoms with Crippen LogP contribution in [0.2, 0.25) is 0 Å². The zero-order chi connectivity index (χ0) is 46.0. The zero-order valence-electron chi connectivity index (χ0n) is 37.8. The second-order valence-corrected chi connectivity index (χ2v) is 19.7. The number of halogens is 1. The van der Waals surface area contributed by atoms with E-state index in [-0.39, 0.29) is 47.9 Å². The maximum Gasteiger partial charge on any atom is 0.254 e. The van der Waals surface area contributed by atoms with Crippen molar-refractivity contribution in [2.45, 2.75) is 110 Å². The van der Waals surface area contributed by atoms with Gasteiger partial charge in [-0.1, -0.05) is 40.5 Å². The van der Waals surface area contributed by atoms with E-state index in [1.165, 1.54) is 31.0 Å². The molecule has 4 heterocycles. The number of rotatable bonds is 10. The molecule has 1 aliphatic carbocycles. The number of piperidine rings is 2. The number of fused-ring (bicyclic) bond motifs is 1. The molecule has 4 N–H and O–H groups in total. The van der Waals surface area contributed by atoms with Crippen molar-refractivity contribution in [1.29, 1.82) is 5.26 Å². The number of anilines is 2. The van der Waals surface area contributed by atoms with Gasteiger partial charge in [0.1, 0.15) is 29.8 Å². The molecule has 4 aliphatic rings. The van der Waals surface area contributed by atoms with Crippen molar-refractivity contribution in [3.05, 3.63) is 99.6 Å². The molecule has 3 saturated heterocycles. The maximum absolute atomic E-state index is 15.3. The zero-order valence-corrected chi connectivity index (χ0v) is 37.8. The van der Waals surface area contributed by atoms with Gasteiger partial charge in [0.25, 0.3) is 11.8 Å². The van der Waals surface area contributed by atoms with Crippen LogP contribution in [0.5, 0.6) is 5.75 Å². The smallest absolute Gasteiger partial charge is 0.254 e. The minimum absolute atomic E-state index is 0.119. The fraction of sp³-hybridized carbons (Fsp3) is 0.490. The molecular formula is C51H60FN7O6. The van der Waals surface area contributed by atoms with E-state index in [1.807, 2.05) is 12.1 Å². The van der Waals surface area contributed by atoms with Crippen molar-refractivity contribution < 1.29 is 28.3 Å². The molecule has 8 rings (SSSR count). The number of nitrogens with one attached hydrogen (secondary N) is 4. The average Bonchev–Trinajstić information content (AvgIpc) is 3.40. The van der Waals surface area contributed by atoms with E-state index in [9.17, 15) is 29.2 Å². The van der Waals surface area contributed by atoms with Gasteiger partial charge in [0.05, 0.1) is 16.6 Å². The molecule has 13 nitrogen and oxygen atoms in total. The fourth-order valence-corrected chi connectivity index (χ4v) is 11.3. The van der Waals surface area contributed by atoms with Gasteiger partial charge >= 0.3 is 0 Å². The lowest BCUT2D eigenvalue weighted by Gasteiger charge is -2.63. The molecule has 0 radical (unpaired) electrons. The van der Waals surface area contributed by atoms with E-state index < -0.39 is 34.5 Å². The number of imide groups is 1. The normalized spacial score (nSPS) is 23.5. The molecule has 4 amide bonds. The Bertz CT molecular complexity index is 2540. The summed E-state index contributed by atoms with van der Waals surface area (Å²) in [6.07, 6.45) is 8.96. The van der Waals surface area contributed by atoms with Crippen LogP contribution in [-0.2, 0) is 9.59 Å². The van der Waals surface area contributed by atoms with Gasteiger partial charge in [0.15, 0.2) is 0 Å². The van der Waals surface area contributed by atoms with Crippen molar-refractivity contribution in [2.75, 3.05) is 36.0 Å². The standard InChI is InChI=1S/C51H60FN7O6/c1-50(2)48(51(3,4)49(50)65-41-19-12-34(30-53)44-38(41)17-20-42(60)55-44)57-45(62)33-10-13-35(14-11-33)59-26-22-32(23-27-59)28-31-8-5-6-24-58(25-7-9-31)36-15-16-37(39(52)29-36)46(63)54-40-18-21-43(61)56-47(40)64/h10-17,19-20,29,31-32,40,48-49H,5-9,18,21-28H2,1-4H3,(H,54,63)(H,55,60)(H,57,62)(H,56,61,64)/t31?,40-,48?,49?/m0/s1. The first-order valence-corrected chi connectivity index (χ1v) is 23.2. The molecule has 1 aromatic heterocycles. The van der Waals surface area contributed by atoms with E-state index in [0.29, 0.717) is 39.6 Å². The van der Waals surface area contributed by atoms with Crippen LogP contribution in [0.15, 0.2) is 71.5 Å². The Morgan fingerprint density at radius 1 is 0.785 bits per heavy atom. The molecular weight excluding hydrogens is 826 g/mol. The predicted molar refractivity (Wildman–Crippen MR) is 247 cm³/mol. The maximum atomic E-state index is 15.3. The number of aromatic nitrogens is 1. The summed E-state index contributed by atoms with van der Waals surface area (Å²) in [7, 11) is 0. The average molecular weight is 886 g/mol. The summed E-state index contributed by atoms with van der Waals surface area (Å²) in [5.74, 6) is -0.484. The molecule has 14 heteroatoms. The van der Waals surface area contributed by atoms with Crippen LogP contribution in [-0.4, -0.2) is 73.0 Å². The lowest BCUT2D eigenvalue weighted by molar-refractivity contribution is -0.163. The first-order valence-electron chi connectivity index (χ1n) is 23.2. The van der Waals surface area contributed by atoms with Gasteiger partial charge in [-0.3, -0.25) is 29.3 Å². The van der Waals surface area contributed by atoms with Crippen molar-refractivity contribution in [3.8, 4) is 11.8 Å². The first-order chi connectivity index (χ1) is 31.1. The molecule has 4 aromatic rings. The number of pyridine rings is 1. The number of aromatic amines is 1. The number of benzene rings is 3. The van der Waals surface area contributed by atoms with Gasteiger partial charge in [0, 0.05) is 77.9 Å². The second kappa shape index (κ2) is 18.7.